The van der Waals surface area contributed by atoms with Gasteiger partial charge in [0.05, 0.1) is 10.2 Å². The summed E-state index contributed by atoms with van der Waals surface area (Å²) in [6.45, 7) is 8.11. The third-order valence-corrected chi connectivity index (χ3v) is 6.75. The normalized spacial score (nSPS) is 14.4. The first-order chi connectivity index (χ1) is 14.1. The lowest BCUT2D eigenvalue weighted by Gasteiger charge is -2.34. The zero-order chi connectivity index (χ0) is 20.2. The number of carbonyl (C=O) groups is 1. The maximum absolute atomic E-state index is 12.5. The lowest BCUT2D eigenvalue weighted by molar-refractivity contribution is 0.194. The van der Waals surface area contributed by atoms with Crippen molar-refractivity contribution in [3.8, 4) is 0 Å². The summed E-state index contributed by atoms with van der Waals surface area (Å²) in [5.41, 5.74) is 4.97. The summed E-state index contributed by atoms with van der Waals surface area (Å²) in [5, 5.41) is 4.13. The summed E-state index contributed by atoms with van der Waals surface area (Å²) in [7, 11) is 0. The average Bonchev–Trinajstić information content (AvgIpc) is 3.20. The average molecular weight is 409 g/mol. The van der Waals surface area contributed by atoms with E-state index in [0.717, 1.165) is 49.7 Å². The first-order valence-electron chi connectivity index (χ1n) is 10.3. The molecule has 6 heteroatoms. The molecule has 1 fully saturated rings. The molecule has 1 saturated heterocycles. The Balaban J connectivity index is 1.26. The number of amides is 2. The zero-order valence-corrected chi connectivity index (χ0v) is 18.0. The van der Waals surface area contributed by atoms with E-state index in [4.69, 9.17) is 4.98 Å². The Kier molecular flexibility index (Phi) is 6.00. The van der Waals surface area contributed by atoms with Crippen molar-refractivity contribution in [2.45, 2.75) is 26.7 Å². The number of aromatic nitrogens is 1. The van der Waals surface area contributed by atoms with E-state index in [0.29, 0.717) is 6.54 Å². The van der Waals surface area contributed by atoms with Crippen LogP contribution in [-0.4, -0.2) is 48.6 Å². The van der Waals surface area contributed by atoms with Crippen LogP contribution in [0.5, 0.6) is 0 Å². The number of nitrogens with zero attached hydrogens (tertiary/aromatic N) is 3. The monoisotopic (exact) mass is 408 g/mol. The minimum atomic E-state index is 0.0495. The number of fused-ring (bicyclic) bond motifs is 1. The second-order valence-electron chi connectivity index (χ2n) is 7.65. The first kappa shape index (κ1) is 19.7. The van der Waals surface area contributed by atoms with Gasteiger partial charge in [-0.15, -0.1) is 0 Å². The molecule has 152 valence electrons. The van der Waals surface area contributed by atoms with Gasteiger partial charge in [-0.3, -0.25) is 0 Å². The highest BCUT2D eigenvalue weighted by Crippen LogP contribution is 2.32. The van der Waals surface area contributed by atoms with Crippen LogP contribution in [0.1, 0.15) is 23.1 Å². The molecular weight excluding hydrogens is 380 g/mol. The number of nitrogens with one attached hydrogen (secondary N) is 1. The predicted octanol–water partition coefficient (Wildman–Crippen LogP) is 4.38. The van der Waals surface area contributed by atoms with Gasteiger partial charge in [0.2, 0.25) is 0 Å². The molecule has 0 aliphatic carbocycles. The smallest absolute Gasteiger partial charge is 0.317 e. The van der Waals surface area contributed by atoms with Crippen LogP contribution < -0.4 is 10.2 Å². The van der Waals surface area contributed by atoms with E-state index >= 15 is 0 Å². The molecule has 0 saturated carbocycles. The minimum Gasteiger partial charge on any atom is -0.345 e. The van der Waals surface area contributed by atoms with Crippen LogP contribution in [0.15, 0.2) is 42.5 Å². The molecule has 1 aliphatic rings. The Morgan fingerprint density at radius 3 is 2.59 bits per heavy atom. The largest absolute Gasteiger partial charge is 0.345 e. The standard InChI is InChI=1S/C23H28N4OS/c1-17-10-11-20-21(18(17)2)25-23(29-20)27-15-13-26(14-16-27)22(28)24-12-6-9-19-7-4-3-5-8-19/h3-5,7-8,10-11H,6,9,12-16H2,1-2H3,(H,24,28). The number of benzene rings is 2. The fourth-order valence-electron chi connectivity index (χ4n) is 3.69. The third-order valence-electron chi connectivity index (χ3n) is 5.67. The Bertz CT molecular complexity index is 977. The molecule has 4 rings (SSSR count). The van der Waals surface area contributed by atoms with Crippen molar-refractivity contribution in [3.63, 3.8) is 0 Å². The molecule has 1 N–H and O–H groups in total. The van der Waals surface area contributed by atoms with E-state index in [9.17, 15) is 4.79 Å². The van der Waals surface area contributed by atoms with Crippen LogP contribution in [0, 0.1) is 13.8 Å². The van der Waals surface area contributed by atoms with Crippen molar-refractivity contribution in [1.82, 2.24) is 15.2 Å². The van der Waals surface area contributed by atoms with E-state index < -0.39 is 0 Å². The highest BCUT2D eigenvalue weighted by atomic mass is 32.1. The minimum absolute atomic E-state index is 0.0495. The van der Waals surface area contributed by atoms with Crippen molar-refractivity contribution in [1.29, 1.82) is 0 Å². The summed E-state index contributed by atoms with van der Waals surface area (Å²) >= 11 is 1.75. The van der Waals surface area contributed by atoms with E-state index in [2.05, 4.69) is 60.5 Å². The number of hydrogen-bond donors (Lipinski definition) is 1. The molecule has 2 aromatic carbocycles. The topological polar surface area (TPSA) is 48.5 Å². The fourth-order valence-corrected chi connectivity index (χ4v) is 4.77. The molecule has 5 nitrogen and oxygen atoms in total. The number of urea groups is 1. The molecule has 1 aliphatic heterocycles. The second-order valence-corrected chi connectivity index (χ2v) is 8.65. The quantitative estimate of drug-likeness (QED) is 0.638. The predicted molar refractivity (Wildman–Crippen MR) is 121 cm³/mol. The van der Waals surface area contributed by atoms with E-state index in [1.54, 1.807) is 11.3 Å². The maximum atomic E-state index is 12.5. The number of hydrogen-bond acceptors (Lipinski definition) is 4. The van der Waals surface area contributed by atoms with Crippen molar-refractivity contribution in [2.75, 3.05) is 37.6 Å². The summed E-state index contributed by atoms with van der Waals surface area (Å²) in [6, 6.07) is 14.8. The number of anilines is 1. The SMILES string of the molecule is Cc1ccc2sc(N3CCN(C(=O)NCCCc4ccccc4)CC3)nc2c1C. The molecule has 0 bridgehead atoms. The van der Waals surface area contributed by atoms with Gasteiger partial charge in [0.1, 0.15) is 0 Å². The number of carbonyl (C=O) groups excluding carboxylic acids is 1. The number of thiazole rings is 1. The molecule has 0 radical (unpaired) electrons. The fraction of sp³-hybridized carbons (Fsp3) is 0.391. The molecule has 2 heterocycles. The van der Waals surface area contributed by atoms with Gasteiger partial charge in [0.15, 0.2) is 5.13 Å². The first-order valence-corrected chi connectivity index (χ1v) is 11.1. The van der Waals surface area contributed by atoms with Gasteiger partial charge < -0.3 is 15.1 Å². The van der Waals surface area contributed by atoms with Crippen molar-refractivity contribution >= 4 is 32.7 Å². The summed E-state index contributed by atoms with van der Waals surface area (Å²) in [6.07, 6.45) is 1.95. The van der Waals surface area contributed by atoms with Crippen LogP contribution in [0.3, 0.4) is 0 Å². The van der Waals surface area contributed by atoms with Gasteiger partial charge in [0, 0.05) is 32.7 Å². The Morgan fingerprint density at radius 2 is 1.83 bits per heavy atom. The number of rotatable bonds is 5. The molecule has 1 aromatic heterocycles. The maximum Gasteiger partial charge on any atom is 0.317 e. The van der Waals surface area contributed by atoms with E-state index in [1.165, 1.54) is 21.4 Å². The van der Waals surface area contributed by atoms with Gasteiger partial charge in [-0.05, 0) is 49.4 Å². The molecule has 2 amide bonds. The van der Waals surface area contributed by atoms with E-state index in [1.807, 2.05) is 11.0 Å². The van der Waals surface area contributed by atoms with E-state index in [-0.39, 0.29) is 6.03 Å². The van der Waals surface area contributed by atoms with Crippen LogP contribution in [-0.2, 0) is 6.42 Å². The Labute approximate surface area is 176 Å². The summed E-state index contributed by atoms with van der Waals surface area (Å²) in [5.74, 6) is 0. The third kappa shape index (κ3) is 4.53. The van der Waals surface area contributed by atoms with Gasteiger partial charge >= 0.3 is 6.03 Å². The van der Waals surface area contributed by atoms with Gasteiger partial charge in [-0.1, -0.05) is 47.7 Å². The molecule has 0 unspecified atom stereocenters. The lowest BCUT2D eigenvalue weighted by atomic mass is 10.1. The molecular formula is C23H28N4OS. The van der Waals surface area contributed by atoms with Crippen LogP contribution >= 0.6 is 11.3 Å². The highest BCUT2D eigenvalue weighted by Gasteiger charge is 2.23. The summed E-state index contributed by atoms with van der Waals surface area (Å²) < 4.78 is 1.24. The van der Waals surface area contributed by atoms with Crippen molar-refractivity contribution < 1.29 is 4.79 Å². The van der Waals surface area contributed by atoms with Crippen LogP contribution in [0.2, 0.25) is 0 Å². The number of piperazine rings is 1. The Morgan fingerprint density at radius 1 is 1.07 bits per heavy atom. The van der Waals surface area contributed by atoms with Gasteiger partial charge in [-0.25, -0.2) is 9.78 Å². The van der Waals surface area contributed by atoms with Gasteiger partial charge in [-0.2, -0.15) is 0 Å². The van der Waals surface area contributed by atoms with Crippen LogP contribution in [0.4, 0.5) is 9.93 Å². The molecule has 29 heavy (non-hydrogen) atoms. The lowest BCUT2D eigenvalue weighted by Crippen LogP contribution is -2.52. The van der Waals surface area contributed by atoms with Gasteiger partial charge in [0.25, 0.3) is 0 Å². The number of aryl methyl sites for hydroxylation is 3. The van der Waals surface area contributed by atoms with Crippen molar-refractivity contribution in [2.24, 2.45) is 0 Å². The molecule has 0 spiro atoms. The molecule has 3 aromatic rings. The second kappa shape index (κ2) is 8.82. The summed E-state index contributed by atoms with van der Waals surface area (Å²) in [4.78, 5) is 21.6. The highest BCUT2D eigenvalue weighted by molar-refractivity contribution is 7.22. The van der Waals surface area contributed by atoms with Crippen molar-refractivity contribution in [3.05, 3.63) is 59.2 Å². The Hall–Kier alpha value is -2.60. The molecule has 0 atom stereocenters. The van der Waals surface area contributed by atoms with Crippen LogP contribution in [0.25, 0.3) is 10.2 Å². The zero-order valence-electron chi connectivity index (χ0n) is 17.1.